The Hall–Kier alpha value is -0.650. The van der Waals surface area contributed by atoms with Gasteiger partial charge in [0.05, 0.1) is 6.10 Å². The third kappa shape index (κ3) is 6.00. The van der Waals surface area contributed by atoms with Gasteiger partial charge in [-0.15, -0.1) is 0 Å². The topological polar surface area (TPSA) is 59.6 Å². The van der Waals surface area contributed by atoms with Crippen LogP contribution in [-0.2, 0) is 14.3 Å². The zero-order valence-corrected chi connectivity index (χ0v) is 10.8. The van der Waals surface area contributed by atoms with Crippen LogP contribution in [-0.4, -0.2) is 51.5 Å². The van der Waals surface area contributed by atoms with E-state index in [1.165, 1.54) is 0 Å². The molecule has 5 heteroatoms. The maximum Gasteiger partial charge on any atom is 0.248 e. The average Bonchev–Trinajstić information content (AvgIpc) is 2.35. The molecular formula is C12H24N2O3. The molecule has 0 aromatic rings. The Morgan fingerprint density at radius 1 is 1.59 bits per heavy atom. The highest BCUT2D eigenvalue weighted by atomic mass is 16.5. The molecule has 0 spiro atoms. The summed E-state index contributed by atoms with van der Waals surface area (Å²) in [7, 11) is 1.66. The Bertz CT molecular complexity index is 218. The van der Waals surface area contributed by atoms with Gasteiger partial charge in [-0.3, -0.25) is 4.79 Å². The van der Waals surface area contributed by atoms with E-state index in [4.69, 9.17) is 9.47 Å². The number of methoxy groups -OCH3 is 1. The molecule has 17 heavy (non-hydrogen) atoms. The molecular weight excluding hydrogens is 220 g/mol. The lowest BCUT2D eigenvalue weighted by Gasteiger charge is -2.25. The molecule has 5 nitrogen and oxygen atoms in total. The second kappa shape index (κ2) is 8.44. The second-order valence-electron chi connectivity index (χ2n) is 4.38. The number of piperidine rings is 1. The highest BCUT2D eigenvalue weighted by molar-refractivity contribution is 5.80. The highest BCUT2D eigenvalue weighted by Crippen LogP contribution is 2.08. The van der Waals surface area contributed by atoms with Gasteiger partial charge in [-0.05, 0) is 32.7 Å². The number of nitrogens with one attached hydrogen (secondary N) is 2. The molecule has 2 unspecified atom stereocenters. The lowest BCUT2D eigenvalue weighted by atomic mass is 10.1. The van der Waals surface area contributed by atoms with Crippen LogP contribution in [0.4, 0.5) is 0 Å². The summed E-state index contributed by atoms with van der Waals surface area (Å²) in [5, 5.41) is 6.11. The van der Waals surface area contributed by atoms with Crippen LogP contribution in [0, 0.1) is 0 Å². The quantitative estimate of drug-likeness (QED) is 0.632. The summed E-state index contributed by atoms with van der Waals surface area (Å²) >= 11 is 0. The van der Waals surface area contributed by atoms with Crippen molar-refractivity contribution in [1.82, 2.24) is 10.6 Å². The molecule has 1 amide bonds. The van der Waals surface area contributed by atoms with Crippen molar-refractivity contribution in [3.8, 4) is 0 Å². The number of amides is 1. The van der Waals surface area contributed by atoms with Crippen LogP contribution in [0.25, 0.3) is 0 Å². The fourth-order valence-corrected chi connectivity index (χ4v) is 1.86. The standard InChI is InChI=1S/C12H24N2O3/c1-10(12(15)14-7-4-8-16-2)17-11-5-3-6-13-9-11/h10-11,13H,3-9H2,1-2H3,(H,14,15). The average molecular weight is 244 g/mol. The monoisotopic (exact) mass is 244 g/mol. The lowest BCUT2D eigenvalue weighted by molar-refractivity contribution is -0.135. The van der Waals surface area contributed by atoms with Gasteiger partial charge in [-0.1, -0.05) is 0 Å². The van der Waals surface area contributed by atoms with E-state index in [0.29, 0.717) is 13.2 Å². The van der Waals surface area contributed by atoms with Crippen molar-refractivity contribution >= 4 is 5.91 Å². The molecule has 1 aliphatic rings. The van der Waals surface area contributed by atoms with E-state index in [1.54, 1.807) is 14.0 Å². The first-order chi connectivity index (χ1) is 8.24. The molecule has 0 aliphatic carbocycles. The zero-order chi connectivity index (χ0) is 12.5. The van der Waals surface area contributed by atoms with Crippen molar-refractivity contribution in [2.24, 2.45) is 0 Å². The SMILES string of the molecule is COCCCNC(=O)C(C)OC1CCCNC1. The molecule has 1 rings (SSSR count). The number of hydrogen-bond acceptors (Lipinski definition) is 4. The molecule has 0 saturated carbocycles. The first-order valence-electron chi connectivity index (χ1n) is 6.37. The van der Waals surface area contributed by atoms with Gasteiger partial charge in [0.2, 0.25) is 5.91 Å². The number of carbonyl (C=O) groups is 1. The van der Waals surface area contributed by atoms with Gasteiger partial charge in [0, 0.05) is 26.8 Å². The van der Waals surface area contributed by atoms with E-state index in [-0.39, 0.29) is 18.1 Å². The van der Waals surface area contributed by atoms with Gasteiger partial charge in [0.1, 0.15) is 6.10 Å². The predicted octanol–water partition coefficient (Wildman–Crippen LogP) is 0.296. The Kier molecular flexibility index (Phi) is 7.16. The van der Waals surface area contributed by atoms with E-state index in [9.17, 15) is 4.79 Å². The van der Waals surface area contributed by atoms with E-state index in [0.717, 1.165) is 32.4 Å². The minimum absolute atomic E-state index is 0.0355. The zero-order valence-electron chi connectivity index (χ0n) is 10.8. The van der Waals surface area contributed by atoms with Crippen molar-refractivity contribution in [1.29, 1.82) is 0 Å². The van der Waals surface area contributed by atoms with Crippen molar-refractivity contribution in [3.63, 3.8) is 0 Å². The first kappa shape index (κ1) is 14.4. The molecule has 0 radical (unpaired) electrons. The van der Waals surface area contributed by atoms with E-state index >= 15 is 0 Å². The van der Waals surface area contributed by atoms with Gasteiger partial charge in [-0.2, -0.15) is 0 Å². The van der Waals surface area contributed by atoms with Crippen molar-refractivity contribution in [2.45, 2.75) is 38.4 Å². The molecule has 0 aromatic heterocycles. The van der Waals surface area contributed by atoms with Crippen molar-refractivity contribution < 1.29 is 14.3 Å². The number of rotatable bonds is 7. The van der Waals surface area contributed by atoms with Crippen LogP contribution in [0.2, 0.25) is 0 Å². The van der Waals surface area contributed by atoms with E-state index in [2.05, 4.69) is 10.6 Å². The molecule has 1 saturated heterocycles. The molecule has 1 fully saturated rings. The minimum Gasteiger partial charge on any atom is -0.385 e. The van der Waals surface area contributed by atoms with E-state index in [1.807, 2.05) is 0 Å². The number of carbonyl (C=O) groups excluding carboxylic acids is 1. The summed E-state index contributed by atoms with van der Waals surface area (Å²) in [5.41, 5.74) is 0. The van der Waals surface area contributed by atoms with Crippen LogP contribution in [0.15, 0.2) is 0 Å². The summed E-state index contributed by atoms with van der Waals surface area (Å²) in [4.78, 5) is 11.7. The Balaban J connectivity index is 2.12. The number of ether oxygens (including phenoxy) is 2. The summed E-state index contributed by atoms with van der Waals surface area (Å²) in [6, 6.07) is 0. The molecule has 100 valence electrons. The Labute approximate surface area is 103 Å². The van der Waals surface area contributed by atoms with Crippen molar-refractivity contribution in [2.75, 3.05) is 33.4 Å². The third-order valence-corrected chi connectivity index (χ3v) is 2.84. The minimum atomic E-state index is -0.373. The summed E-state index contributed by atoms with van der Waals surface area (Å²) in [6.07, 6.45) is 2.78. The van der Waals surface area contributed by atoms with Crippen LogP contribution in [0.5, 0.6) is 0 Å². The molecule has 2 atom stereocenters. The Morgan fingerprint density at radius 2 is 2.41 bits per heavy atom. The predicted molar refractivity (Wildman–Crippen MR) is 65.9 cm³/mol. The maximum atomic E-state index is 11.7. The lowest BCUT2D eigenvalue weighted by Crippen LogP contribution is -2.42. The summed E-state index contributed by atoms with van der Waals surface area (Å²) in [6.45, 7) is 5.02. The van der Waals surface area contributed by atoms with Crippen LogP contribution < -0.4 is 10.6 Å². The number of hydrogen-bond donors (Lipinski definition) is 2. The van der Waals surface area contributed by atoms with Crippen LogP contribution in [0.1, 0.15) is 26.2 Å². The van der Waals surface area contributed by atoms with Crippen molar-refractivity contribution in [3.05, 3.63) is 0 Å². The van der Waals surface area contributed by atoms with Gasteiger partial charge < -0.3 is 20.1 Å². The van der Waals surface area contributed by atoms with Gasteiger partial charge in [0.15, 0.2) is 0 Å². The first-order valence-corrected chi connectivity index (χ1v) is 6.37. The maximum absolute atomic E-state index is 11.7. The highest BCUT2D eigenvalue weighted by Gasteiger charge is 2.20. The molecule has 0 aromatic carbocycles. The smallest absolute Gasteiger partial charge is 0.248 e. The fraction of sp³-hybridized carbons (Fsp3) is 0.917. The Morgan fingerprint density at radius 3 is 3.06 bits per heavy atom. The summed E-state index contributed by atoms with van der Waals surface area (Å²) < 4.78 is 10.6. The van der Waals surface area contributed by atoms with Gasteiger partial charge in [-0.25, -0.2) is 0 Å². The molecule has 0 bridgehead atoms. The van der Waals surface area contributed by atoms with Crippen LogP contribution >= 0.6 is 0 Å². The van der Waals surface area contributed by atoms with E-state index < -0.39 is 0 Å². The largest absolute Gasteiger partial charge is 0.385 e. The molecule has 2 N–H and O–H groups in total. The third-order valence-electron chi connectivity index (χ3n) is 2.84. The van der Waals surface area contributed by atoms with Gasteiger partial charge in [0.25, 0.3) is 0 Å². The summed E-state index contributed by atoms with van der Waals surface area (Å²) in [5.74, 6) is -0.0355. The van der Waals surface area contributed by atoms with Crippen LogP contribution in [0.3, 0.4) is 0 Å². The molecule has 1 heterocycles. The fourth-order valence-electron chi connectivity index (χ4n) is 1.86. The molecule has 1 aliphatic heterocycles. The second-order valence-corrected chi connectivity index (χ2v) is 4.38. The van der Waals surface area contributed by atoms with Gasteiger partial charge >= 0.3 is 0 Å². The normalized spacial score (nSPS) is 22.1.